The van der Waals surface area contributed by atoms with Crippen LogP contribution in [0.2, 0.25) is 0 Å². The van der Waals surface area contributed by atoms with Crippen LogP contribution in [0.15, 0.2) is 151 Å². The summed E-state index contributed by atoms with van der Waals surface area (Å²) in [6.07, 6.45) is 7.28. The number of aromatic nitrogens is 2. The number of nitrogens with zero attached hydrogens (tertiary/aromatic N) is 2. The molecule has 5 nitrogen and oxygen atoms in total. The summed E-state index contributed by atoms with van der Waals surface area (Å²) in [6.45, 7) is 0. The zero-order chi connectivity index (χ0) is 32.2. The number of fused-ring (bicyclic) bond motifs is 6. The van der Waals surface area contributed by atoms with Crippen molar-refractivity contribution in [2.24, 2.45) is 0 Å². The van der Waals surface area contributed by atoms with Crippen molar-refractivity contribution in [1.29, 1.82) is 0 Å². The normalized spacial score (nSPS) is 13.6. The fraction of sp³-hybridized carbons (Fsp3) is 0.0476. The van der Waals surface area contributed by atoms with Crippen LogP contribution in [0.25, 0.3) is 77.6 Å². The van der Waals surface area contributed by atoms with Crippen LogP contribution in [0.5, 0.6) is 0 Å². The lowest BCUT2D eigenvalue weighted by Crippen LogP contribution is -2.05. The second kappa shape index (κ2) is 11.1. The van der Waals surface area contributed by atoms with Crippen molar-refractivity contribution in [3.05, 3.63) is 157 Å². The molecule has 8 aromatic rings. The maximum absolute atomic E-state index is 13.5. The van der Waals surface area contributed by atoms with Crippen molar-refractivity contribution in [1.82, 2.24) is 9.97 Å². The molecule has 6 heteroatoms. The van der Waals surface area contributed by atoms with E-state index >= 15 is 0 Å². The van der Waals surface area contributed by atoms with Crippen molar-refractivity contribution >= 4 is 31.8 Å². The van der Waals surface area contributed by atoms with Crippen molar-refractivity contribution in [3.63, 3.8) is 0 Å². The molecule has 1 aliphatic heterocycles. The number of rotatable bonds is 4. The monoisotopic (exact) mass is 640 g/mol. The maximum Gasteiger partial charge on any atom is 0.158 e. The molecule has 0 spiro atoms. The summed E-state index contributed by atoms with van der Waals surface area (Å²) in [7, 11) is -3.41. The Hall–Kier alpha value is -5.85. The van der Waals surface area contributed by atoms with Crippen molar-refractivity contribution in [2.45, 2.75) is 11.5 Å². The lowest BCUT2D eigenvalue weighted by atomic mass is 9.89. The topological polar surface area (TPSA) is 73.1 Å². The van der Waals surface area contributed by atoms with Gasteiger partial charge in [-0.3, -0.25) is 9.97 Å². The van der Waals surface area contributed by atoms with Gasteiger partial charge in [-0.25, -0.2) is 8.42 Å². The number of para-hydroxylation sites is 2. The highest BCUT2D eigenvalue weighted by Gasteiger charge is 2.25. The number of pyridine rings is 2. The fourth-order valence-corrected chi connectivity index (χ4v) is 8.51. The van der Waals surface area contributed by atoms with Gasteiger partial charge in [-0.15, -0.1) is 0 Å². The van der Waals surface area contributed by atoms with Gasteiger partial charge in [0, 0.05) is 52.3 Å². The van der Waals surface area contributed by atoms with Gasteiger partial charge < -0.3 is 4.42 Å². The van der Waals surface area contributed by atoms with E-state index < -0.39 is 9.84 Å². The lowest BCUT2D eigenvalue weighted by Gasteiger charge is -2.15. The Kier molecular flexibility index (Phi) is 6.59. The van der Waals surface area contributed by atoms with Gasteiger partial charge in [0.2, 0.25) is 0 Å². The summed E-state index contributed by atoms with van der Waals surface area (Å²) in [5, 5.41) is 2.10. The van der Waals surface area contributed by atoms with Crippen LogP contribution < -0.4 is 0 Å². The third-order valence-electron chi connectivity index (χ3n) is 9.23. The van der Waals surface area contributed by atoms with E-state index in [1.807, 2.05) is 73.1 Å². The van der Waals surface area contributed by atoms with Gasteiger partial charge in [-0.2, -0.15) is 0 Å². The molecule has 230 valence electrons. The summed E-state index contributed by atoms with van der Waals surface area (Å²) in [6, 6.07) is 41.0. The molecule has 0 unspecified atom stereocenters. The minimum Gasteiger partial charge on any atom is -0.455 e. The van der Waals surface area contributed by atoms with Gasteiger partial charge >= 0.3 is 0 Å². The predicted molar refractivity (Wildman–Crippen MR) is 193 cm³/mol. The fourth-order valence-electron chi connectivity index (χ4n) is 6.97. The molecular formula is C42H28N2O3S. The molecule has 0 aliphatic carbocycles. The molecule has 0 radical (unpaired) electrons. The summed E-state index contributed by atoms with van der Waals surface area (Å²) in [5.41, 5.74) is 13.1. The molecule has 0 atom stereocenters. The van der Waals surface area contributed by atoms with Crippen LogP contribution in [0.1, 0.15) is 11.1 Å². The van der Waals surface area contributed by atoms with Gasteiger partial charge in [0.1, 0.15) is 11.2 Å². The molecule has 0 bridgehead atoms. The smallest absolute Gasteiger partial charge is 0.158 e. The minimum atomic E-state index is -3.41. The van der Waals surface area contributed by atoms with E-state index in [0.29, 0.717) is 0 Å². The first kappa shape index (κ1) is 28.4. The summed E-state index contributed by atoms with van der Waals surface area (Å²) < 4.78 is 33.3. The zero-order valence-corrected chi connectivity index (χ0v) is 26.6. The van der Waals surface area contributed by atoms with Crippen LogP contribution >= 0.6 is 0 Å². The molecule has 0 N–H and O–H groups in total. The number of hydrogen-bond donors (Lipinski definition) is 0. The maximum atomic E-state index is 13.5. The van der Waals surface area contributed by atoms with Crippen molar-refractivity contribution < 1.29 is 12.8 Å². The second-order valence-corrected chi connectivity index (χ2v) is 14.4. The van der Waals surface area contributed by atoms with Crippen LogP contribution in [0.3, 0.4) is 0 Å². The van der Waals surface area contributed by atoms with Gasteiger partial charge in [0.25, 0.3) is 0 Å². The van der Waals surface area contributed by atoms with Crippen LogP contribution in [0.4, 0.5) is 0 Å². The first-order chi connectivity index (χ1) is 23.5. The Morgan fingerprint density at radius 2 is 1.15 bits per heavy atom. The quantitative estimate of drug-likeness (QED) is 0.191. The Bertz CT molecular complexity index is 2570. The first-order valence-corrected chi connectivity index (χ1v) is 17.6. The summed E-state index contributed by atoms with van der Waals surface area (Å²) in [5.74, 6) is -0.0413. The molecule has 0 saturated carbocycles. The molecule has 3 aromatic heterocycles. The average molecular weight is 641 g/mol. The van der Waals surface area contributed by atoms with Gasteiger partial charge in [0.05, 0.1) is 11.5 Å². The molecule has 48 heavy (non-hydrogen) atoms. The zero-order valence-electron chi connectivity index (χ0n) is 25.8. The number of benzene rings is 5. The highest BCUT2D eigenvalue weighted by Crippen LogP contribution is 2.42. The van der Waals surface area contributed by atoms with Crippen molar-refractivity contribution in [2.75, 3.05) is 0 Å². The highest BCUT2D eigenvalue weighted by molar-refractivity contribution is 7.89. The summed E-state index contributed by atoms with van der Waals surface area (Å²) in [4.78, 5) is 8.71. The van der Waals surface area contributed by atoms with E-state index in [4.69, 9.17) is 4.42 Å². The molecular weight excluding hydrogens is 613 g/mol. The molecule has 5 aromatic carbocycles. The first-order valence-electron chi connectivity index (χ1n) is 15.8. The second-order valence-electron chi connectivity index (χ2n) is 12.3. The molecule has 9 rings (SSSR count). The minimum absolute atomic E-state index is 0.0115. The predicted octanol–water partition coefficient (Wildman–Crippen LogP) is 10.1. The molecule has 0 fully saturated rings. The third kappa shape index (κ3) is 4.98. The molecule has 1 aliphatic rings. The van der Waals surface area contributed by atoms with Crippen LogP contribution in [0, 0.1) is 0 Å². The average Bonchev–Trinajstić information content (AvgIpc) is 3.46. The van der Waals surface area contributed by atoms with Crippen LogP contribution in [-0.4, -0.2) is 18.4 Å². The molecule has 0 saturated heterocycles. The van der Waals surface area contributed by atoms with Gasteiger partial charge in [-0.05, 0) is 98.6 Å². The van der Waals surface area contributed by atoms with E-state index in [1.54, 1.807) is 12.4 Å². The van der Waals surface area contributed by atoms with E-state index in [2.05, 4.69) is 70.6 Å². The largest absolute Gasteiger partial charge is 0.455 e. The number of hydrogen-bond acceptors (Lipinski definition) is 5. The van der Waals surface area contributed by atoms with Gasteiger partial charge in [-0.1, -0.05) is 72.8 Å². The number of sulfone groups is 1. The Morgan fingerprint density at radius 3 is 1.88 bits per heavy atom. The number of furan rings is 1. The van der Waals surface area contributed by atoms with E-state index in [9.17, 15) is 8.42 Å². The standard InChI is InChI=1S/C42H28N2O3S/c45-48(46)25-31-13-12-27(32-19-33(29-6-4-16-43-23-29)21-34(20-32)30-7-5-17-44-24-30)22-40(31)36-15-14-28(18-35(36)26-48)37-9-3-10-39-38-8-1-2-11-41(38)47-42(37)39/h1-24H,25-26H2. The Morgan fingerprint density at radius 1 is 0.479 bits per heavy atom. The van der Waals surface area contributed by atoms with Crippen LogP contribution in [-0.2, 0) is 21.3 Å². The Labute approximate surface area is 278 Å². The SMILES string of the molecule is O=S1(=O)Cc2cc(-c3cccc4c3oc3ccccc34)ccc2-c2cc(-c3cc(-c4cccnc4)cc(-c4cccnc4)c3)ccc2C1. The van der Waals surface area contributed by atoms with E-state index in [0.717, 1.165) is 88.7 Å². The summed E-state index contributed by atoms with van der Waals surface area (Å²) >= 11 is 0. The van der Waals surface area contributed by atoms with Crippen molar-refractivity contribution in [3.8, 4) is 55.6 Å². The highest BCUT2D eigenvalue weighted by atomic mass is 32.2. The molecule has 4 heterocycles. The Balaban J connectivity index is 1.20. The van der Waals surface area contributed by atoms with Gasteiger partial charge in [0.15, 0.2) is 9.84 Å². The van der Waals surface area contributed by atoms with E-state index in [1.165, 1.54) is 0 Å². The molecule has 0 amide bonds. The third-order valence-corrected chi connectivity index (χ3v) is 10.7. The van der Waals surface area contributed by atoms with E-state index in [-0.39, 0.29) is 11.5 Å². The lowest BCUT2D eigenvalue weighted by molar-refractivity contribution is 0.595.